The summed E-state index contributed by atoms with van der Waals surface area (Å²) in [6.45, 7) is 1.55. The fourth-order valence-electron chi connectivity index (χ4n) is 3.78. The third-order valence-electron chi connectivity index (χ3n) is 5.96. The zero-order valence-electron chi connectivity index (χ0n) is 19.4. The lowest BCUT2D eigenvalue weighted by atomic mass is 9.94. The molecule has 0 saturated carbocycles. The standard InChI is InChI=1S/C27H29FO6/c1-16(27(32)34-3)26(31)20-9-8-19(25(30)14-20)10-13-24(29)18-6-4-17(5-7-18)22-15-21(33-2)11-12-23(22)28/h4-9,11-12,14-16,24,26,29-31H,10,13H2,1-3H3/t16-,24+,26+/m0/s1. The first kappa shape index (κ1) is 25.2. The van der Waals surface area contributed by atoms with E-state index in [1.165, 1.54) is 26.4 Å². The molecule has 3 aromatic rings. The van der Waals surface area contributed by atoms with Crippen LogP contribution in [0.2, 0.25) is 0 Å². The van der Waals surface area contributed by atoms with Crippen LogP contribution < -0.4 is 4.74 Å². The number of hydrogen-bond acceptors (Lipinski definition) is 6. The summed E-state index contributed by atoms with van der Waals surface area (Å²) in [4.78, 5) is 11.6. The van der Waals surface area contributed by atoms with Crippen LogP contribution in [0.25, 0.3) is 11.1 Å². The van der Waals surface area contributed by atoms with Crippen molar-refractivity contribution in [3.05, 3.63) is 83.2 Å². The van der Waals surface area contributed by atoms with Gasteiger partial charge in [0.15, 0.2) is 0 Å². The molecule has 34 heavy (non-hydrogen) atoms. The van der Waals surface area contributed by atoms with Gasteiger partial charge in [-0.3, -0.25) is 4.79 Å². The predicted molar refractivity (Wildman–Crippen MR) is 126 cm³/mol. The van der Waals surface area contributed by atoms with E-state index in [9.17, 15) is 24.5 Å². The summed E-state index contributed by atoms with van der Waals surface area (Å²) in [6.07, 6.45) is -1.15. The lowest BCUT2D eigenvalue weighted by molar-refractivity contribution is -0.148. The minimum absolute atomic E-state index is 0.0235. The minimum atomic E-state index is -1.11. The number of aromatic hydroxyl groups is 1. The van der Waals surface area contributed by atoms with Gasteiger partial charge in [-0.2, -0.15) is 0 Å². The molecule has 0 aromatic heterocycles. The van der Waals surface area contributed by atoms with Crippen molar-refractivity contribution in [3.8, 4) is 22.6 Å². The molecule has 0 fully saturated rings. The second kappa shape index (κ2) is 11.1. The van der Waals surface area contributed by atoms with Crippen LogP contribution >= 0.6 is 0 Å². The number of hydrogen-bond donors (Lipinski definition) is 3. The third-order valence-corrected chi connectivity index (χ3v) is 5.96. The number of aliphatic hydroxyl groups is 2. The van der Waals surface area contributed by atoms with Gasteiger partial charge in [-0.15, -0.1) is 0 Å². The number of phenols is 1. The first-order chi connectivity index (χ1) is 16.2. The van der Waals surface area contributed by atoms with Crippen LogP contribution in [0, 0.1) is 11.7 Å². The molecular weight excluding hydrogens is 439 g/mol. The summed E-state index contributed by atoms with van der Waals surface area (Å²) in [5.74, 6) is -1.15. The van der Waals surface area contributed by atoms with Crippen molar-refractivity contribution in [2.45, 2.75) is 32.0 Å². The van der Waals surface area contributed by atoms with E-state index in [4.69, 9.17) is 4.74 Å². The number of rotatable bonds is 9. The summed E-state index contributed by atoms with van der Waals surface area (Å²) in [7, 11) is 2.77. The van der Waals surface area contributed by atoms with Crippen molar-refractivity contribution < 1.29 is 34.0 Å². The summed E-state index contributed by atoms with van der Waals surface area (Å²) < 4.78 is 24.0. The summed E-state index contributed by atoms with van der Waals surface area (Å²) in [5.41, 5.74) is 2.76. The van der Waals surface area contributed by atoms with Crippen LogP contribution in [0.3, 0.4) is 0 Å². The number of benzene rings is 3. The van der Waals surface area contributed by atoms with Gasteiger partial charge >= 0.3 is 5.97 Å². The van der Waals surface area contributed by atoms with E-state index in [1.807, 2.05) is 0 Å². The Bertz CT molecular complexity index is 1130. The maximum absolute atomic E-state index is 14.2. The van der Waals surface area contributed by atoms with Gasteiger partial charge in [0.05, 0.1) is 32.3 Å². The summed E-state index contributed by atoms with van der Waals surface area (Å²) in [5, 5.41) is 31.3. The average molecular weight is 469 g/mol. The molecule has 180 valence electrons. The quantitative estimate of drug-likeness (QED) is 0.394. The Labute approximate surface area is 198 Å². The van der Waals surface area contributed by atoms with Crippen LogP contribution in [-0.4, -0.2) is 35.5 Å². The number of methoxy groups -OCH3 is 2. The number of aliphatic hydroxyl groups excluding tert-OH is 2. The monoisotopic (exact) mass is 468 g/mol. The molecule has 0 aliphatic carbocycles. The van der Waals surface area contributed by atoms with Crippen LogP contribution in [0.1, 0.15) is 42.2 Å². The molecule has 7 heteroatoms. The van der Waals surface area contributed by atoms with E-state index < -0.39 is 24.1 Å². The lowest BCUT2D eigenvalue weighted by Crippen LogP contribution is -2.20. The van der Waals surface area contributed by atoms with E-state index >= 15 is 0 Å². The van der Waals surface area contributed by atoms with Crippen molar-refractivity contribution in [3.63, 3.8) is 0 Å². The molecule has 0 aliphatic heterocycles. The Balaban J connectivity index is 1.65. The van der Waals surface area contributed by atoms with Crippen LogP contribution in [0.15, 0.2) is 60.7 Å². The molecule has 0 amide bonds. The van der Waals surface area contributed by atoms with Gasteiger partial charge in [-0.1, -0.05) is 36.4 Å². The number of phenolic OH excluding ortho intramolecular Hbond substituents is 1. The van der Waals surface area contributed by atoms with Gasteiger partial charge in [0.25, 0.3) is 0 Å². The summed E-state index contributed by atoms with van der Waals surface area (Å²) in [6, 6.07) is 16.2. The number of halogens is 1. The maximum atomic E-state index is 14.2. The lowest BCUT2D eigenvalue weighted by Gasteiger charge is -2.18. The molecule has 0 unspecified atom stereocenters. The molecule has 0 saturated heterocycles. The Morgan fingerprint density at radius 3 is 2.26 bits per heavy atom. The van der Waals surface area contributed by atoms with Crippen molar-refractivity contribution in [2.75, 3.05) is 14.2 Å². The second-order valence-electron chi connectivity index (χ2n) is 8.17. The Morgan fingerprint density at radius 1 is 0.971 bits per heavy atom. The zero-order valence-corrected chi connectivity index (χ0v) is 19.4. The average Bonchev–Trinajstić information content (AvgIpc) is 2.86. The molecule has 0 radical (unpaired) electrons. The largest absolute Gasteiger partial charge is 0.508 e. The fourth-order valence-corrected chi connectivity index (χ4v) is 3.78. The van der Waals surface area contributed by atoms with Gasteiger partial charge in [-0.05, 0) is 66.3 Å². The number of ether oxygens (including phenoxy) is 2. The van der Waals surface area contributed by atoms with Crippen molar-refractivity contribution in [1.82, 2.24) is 0 Å². The SMILES string of the molecule is COC(=O)[C@@H](C)[C@@H](O)c1ccc(CC[C@@H](O)c2ccc(-c3cc(OC)ccc3F)cc2)c(O)c1. The van der Waals surface area contributed by atoms with Crippen molar-refractivity contribution >= 4 is 5.97 Å². The first-order valence-electron chi connectivity index (χ1n) is 10.9. The predicted octanol–water partition coefficient (Wildman–Crippen LogP) is 4.72. The maximum Gasteiger partial charge on any atom is 0.311 e. The minimum Gasteiger partial charge on any atom is -0.508 e. The van der Waals surface area contributed by atoms with Crippen LogP contribution in [0.4, 0.5) is 4.39 Å². The van der Waals surface area contributed by atoms with Gasteiger partial charge in [0.1, 0.15) is 17.3 Å². The summed E-state index contributed by atoms with van der Waals surface area (Å²) >= 11 is 0. The highest BCUT2D eigenvalue weighted by Crippen LogP contribution is 2.31. The highest BCUT2D eigenvalue weighted by atomic mass is 19.1. The van der Waals surface area contributed by atoms with Gasteiger partial charge in [0.2, 0.25) is 0 Å². The molecule has 3 aromatic carbocycles. The second-order valence-corrected chi connectivity index (χ2v) is 8.17. The molecule has 3 rings (SSSR count). The number of carbonyl (C=O) groups excluding carboxylic acids is 1. The van der Waals surface area contributed by atoms with Gasteiger partial charge in [-0.25, -0.2) is 4.39 Å². The highest BCUT2D eigenvalue weighted by Gasteiger charge is 2.25. The molecule has 3 atom stereocenters. The van der Waals surface area contributed by atoms with Crippen molar-refractivity contribution in [1.29, 1.82) is 0 Å². The highest BCUT2D eigenvalue weighted by molar-refractivity contribution is 5.72. The molecule has 3 N–H and O–H groups in total. The third kappa shape index (κ3) is 5.73. The molecular formula is C27H29FO6. The molecule has 0 spiro atoms. The normalized spacial score (nSPS) is 13.7. The van der Waals surface area contributed by atoms with Crippen LogP contribution in [0.5, 0.6) is 11.5 Å². The van der Waals surface area contributed by atoms with Crippen molar-refractivity contribution in [2.24, 2.45) is 5.92 Å². The van der Waals surface area contributed by atoms with E-state index in [-0.39, 0.29) is 11.6 Å². The molecule has 0 bridgehead atoms. The van der Waals surface area contributed by atoms with Crippen LogP contribution in [-0.2, 0) is 16.0 Å². The topological polar surface area (TPSA) is 96.2 Å². The van der Waals surface area contributed by atoms with E-state index in [2.05, 4.69) is 4.74 Å². The zero-order chi connectivity index (χ0) is 24.8. The molecule has 6 nitrogen and oxygen atoms in total. The Kier molecular flexibility index (Phi) is 8.26. The Hall–Kier alpha value is -3.42. The van der Waals surface area contributed by atoms with E-state index in [0.717, 1.165) is 0 Å². The first-order valence-corrected chi connectivity index (χ1v) is 10.9. The molecule has 0 heterocycles. The number of carbonyl (C=O) groups is 1. The van der Waals surface area contributed by atoms with Gasteiger partial charge < -0.3 is 24.8 Å². The van der Waals surface area contributed by atoms with E-state index in [0.29, 0.717) is 46.4 Å². The molecule has 0 aliphatic rings. The smallest absolute Gasteiger partial charge is 0.311 e. The number of aryl methyl sites for hydroxylation is 1. The Morgan fingerprint density at radius 2 is 1.65 bits per heavy atom. The van der Waals surface area contributed by atoms with Gasteiger partial charge in [0, 0.05) is 5.56 Å². The number of esters is 1. The van der Waals surface area contributed by atoms with E-state index in [1.54, 1.807) is 55.5 Å². The fraction of sp³-hybridized carbons (Fsp3) is 0.296.